The minimum absolute atomic E-state index is 0.687. The van der Waals surface area contributed by atoms with E-state index in [0.717, 1.165) is 31.3 Å². The van der Waals surface area contributed by atoms with Gasteiger partial charge in [0.2, 0.25) is 0 Å². The molecule has 2 fully saturated rings. The Morgan fingerprint density at radius 2 is 1.85 bits per heavy atom. The molecular formula is C9H17N3S. The smallest absolute Gasteiger partial charge is 0.169 e. The molecule has 2 aliphatic rings. The van der Waals surface area contributed by atoms with Gasteiger partial charge in [0.05, 0.1) is 0 Å². The van der Waals surface area contributed by atoms with Crippen molar-refractivity contribution in [3.05, 3.63) is 0 Å². The monoisotopic (exact) mass is 199 g/mol. The predicted molar refractivity (Wildman–Crippen MR) is 57.8 cm³/mol. The van der Waals surface area contributed by atoms with Crippen molar-refractivity contribution in [2.24, 2.45) is 0 Å². The van der Waals surface area contributed by atoms with Crippen LogP contribution in [0.4, 0.5) is 0 Å². The quantitative estimate of drug-likeness (QED) is 0.611. The van der Waals surface area contributed by atoms with Gasteiger partial charge >= 0.3 is 0 Å². The summed E-state index contributed by atoms with van der Waals surface area (Å²) in [6, 6.07) is 0.687. The van der Waals surface area contributed by atoms with Gasteiger partial charge in [-0.15, -0.1) is 0 Å². The summed E-state index contributed by atoms with van der Waals surface area (Å²) in [4.78, 5) is 4.63. The van der Waals surface area contributed by atoms with Crippen LogP contribution in [0.1, 0.15) is 12.8 Å². The van der Waals surface area contributed by atoms with Crippen LogP contribution < -0.4 is 5.32 Å². The Labute approximate surface area is 85.1 Å². The van der Waals surface area contributed by atoms with Crippen molar-refractivity contribution < 1.29 is 0 Å². The summed E-state index contributed by atoms with van der Waals surface area (Å²) in [6.07, 6.45) is 2.60. The summed E-state index contributed by atoms with van der Waals surface area (Å²) < 4.78 is 0. The molecule has 0 aromatic carbocycles. The lowest BCUT2D eigenvalue weighted by atomic mass is 10.3. The number of piperazine rings is 1. The van der Waals surface area contributed by atoms with Gasteiger partial charge < -0.3 is 15.1 Å². The fourth-order valence-electron chi connectivity index (χ4n) is 1.50. The zero-order chi connectivity index (χ0) is 9.26. The van der Waals surface area contributed by atoms with Crippen LogP contribution in [-0.2, 0) is 0 Å². The van der Waals surface area contributed by atoms with Crippen LogP contribution in [0.25, 0.3) is 0 Å². The number of thiocarbonyl (C=S) groups is 1. The number of rotatable bonds is 1. The fraction of sp³-hybridized carbons (Fsp3) is 0.889. The van der Waals surface area contributed by atoms with Gasteiger partial charge in [0.1, 0.15) is 0 Å². The molecule has 1 heterocycles. The fourth-order valence-corrected chi connectivity index (χ4v) is 1.85. The van der Waals surface area contributed by atoms with Gasteiger partial charge in [-0.3, -0.25) is 0 Å². The molecule has 1 saturated carbocycles. The first-order valence-corrected chi connectivity index (χ1v) is 5.40. The zero-order valence-electron chi connectivity index (χ0n) is 8.12. The van der Waals surface area contributed by atoms with E-state index in [1.807, 2.05) is 0 Å². The van der Waals surface area contributed by atoms with Crippen LogP contribution in [0.5, 0.6) is 0 Å². The maximum absolute atomic E-state index is 5.33. The Bertz CT molecular complexity index is 195. The highest BCUT2D eigenvalue weighted by atomic mass is 32.1. The minimum atomic E-state index is 0.687. The number of hydrogen-bond donors (Lipinski definition) is 1. The van der Waals surface area contributed by atoms with E-state index in [-0.39, 0.29) is 0 Å². The highest BCUT2D eigenvalue weighted by Gasteiger charge is 2.24. The summed E-state index contributed by atoms with van der Waals surface area (Å²) in [7, 11) is 2.16. The van der Waals surface area contributed by atoms with E-state index in [0.29, 0.717) is 6.04 Å². The summed E-state index contributed by atoms with van der Waals surface area (Å²) in [6.45, 7) is 4.42. The molecule has 0 bridgehead atoms. The van der Waals surface area contributed by atoms with Crippen molar-refractivity contribution in [1.82, 2.24) is 15.1 Å². The normalized spacial score (nSPS) is 24.5. The minimum Gasteiger partial charge on any atom is -0.360 e. The molecule has 2 rings (SSSR count). The average Bonchev–Trinajstić information content (AvgIpc) is 2.89. The van der Waals surface area contributed by atoms with Crippen LogP contribution in [0.15, 0.2) is 0 Å². The number of likely N-dealkylation sites (N-methyl/N-ethyl adjacent to an activating group) is 1. The molecular weight excluding hydrogens is 182 g/mol. The average molecular weight is 199 g/mol. The number of nitrogens with zero attached hydrogens (tertiary/aromatic N) is 2. The highest BCUT2D eigenvalue weighted by Crippen LogP contribution is 2.19. The first kappa shape index (κ1) is 9.21. The Balaban J connectivity index is 1.75. The van der Waals surface area contributed by atoms with E-state index in [9.17, 15) is 0 Å². The van der Waals surface area contributed by atoms with Crippen molar-refractivity contribution in [2.75, 3.05) is 33.2 Å². The summed E-state index contributed by atoms with van der Waals surface area (Å²) in [5, 5.41) is 4.35. The third-order valence-corrected chi connectivity index (χ3v) is 3.07. The molecule has 0 spiro atoms. The molecule has 0 radical (unpaired) electrons. The van der Waals surface area contributed by atoms with Crippen LogP contribution >= 0.6 is 12.2 Å². The molecule has 3 nitrogen and oxygen atoms in total. The van der Waals surface area contributed by atoms with Gasteiger partial charge in [-0.1, -0.05) is 0 Å². The van der Waals surface area contributed by atoms with Gasteiger partial charge in [0.25, 0.3) is 0 Å². The molecule has 1 saturated heterocycles. The largest absolute Gasteiger partial charge is 0.360 e. The van der Waals surface area contributed by atoms with E-state index < -0.39 is 0 Å². The van der Waals surface area contributed by atoms with Crippen LogP contribution in [0, 0.1) is 0 Å². The van der Waals surface area contributed by atoms with Crippen molar-refractivity contribution in [1.29, 1.82) is 0 Å². The summed E-state index contributed by atoms with van der Waals surface area (Å²) >= 11 is 5.33. The lowest BCUT2D eigenvalue weighted by Gasteiger charge is -2.34. The molecule has 74 valence electrons. The van der Waals surface area contributed by atoms with Gasteiger partial charge in [-0.05, 0) is 32.1 Å². The van der Waals surface area contributed by atoms with Gasteiger partial charge in [0, 0.05) is 32.2 Å². The molecule has 1 N–H and O–H groups in total. The first-order valence-electron chi connectivity index (χ1n) is 5.00. The second kappa shape index (κ2) is 3.80. The topological polar surface area (TPSA) is 18.5 Å². The van der Waals surface area contributed by atoms with E-state index in [4.69, 9.17) is 12.2 Å². The molecule has 0 amide bonds. The Morgan fingerprint density at radius 1 is 1.23 bits per heavy atom. The molecule has 0 aromatic heterocycles. The third kappa shape index (κ3) is 2.54. The molecule has 1 aliphatic carbocycles. The van der Waals surface area contributed by atoms with Crippen molar-refractivity contribution in [3.63, 3.8) is 0 Å². The molecule has 1 aliphatic heterocycles. The zero-order valence-corrected chi connectivity index (χ0v) is 8.94. The Kier molecular flexibility index (Phi) is 2.69. The Morgan fingerprint density at radius 3 is 2.38 bits per heavy atom. The number of nitrogens with one attached hydrogen (secondary N) is 1. The van der Waals surface area contributed by atoms with Crippen LogP contribution in [0.3, 0.4) is 0 Å². The standard InChI is InChI=1S/C9H17N3S/c1-11-4-6-12(7-5-11)9(13)10-8-2-3-8/h8H,2-7H2,1H3,(H,10,13). The summed E-state index contributed by atoms with van der Waals surface area (Å²) in [5.41, 5.74) is 0. The van der Waals surface area contributed by atoms with Crippen molar-refractivity contribution >= 4 is 17.3 Å². The van der Waals surface area contributed by atoms with Gasteiger partial charge in [-0.25, -0.2) is 0 Å². The predicted octanol–water partition coefficient (Wildman–Crippen LogP) is 0.271. The molecule has 13 heavy (non-hydrogen) atoms. The highest BCUT2D eigenvalue weighted by molar-refractivity contribution is 7.80. The van der Waals surface area contributed by atoms with E-state index in [1.165, 1.54) is 12.8 Å². The second-order valence-electron chi connectivity index (χ2n) is 4.01. The van der Waals surface area contributed by atoms with E-state index in [1.54, 1.807) is 0 Å². The van der Waals surface area contributed by atoms with Crippen LogP contribution in [-0.4, -0.2) is 54.2 Å². The molecule has 0 unspecified atom stereocenters. The lowest BCUT2D eigenvalue weighted by Crippen LogP contribution is -2.50. The first-order chi connectivity index (χ1) is 6.25. The SMILES string of the molecule is CN1CCN(C(=S)NC2CC2)CC1. The maximum atomic E-state index is 5.33. The lowest BCUT2D eigenvalue weighted by molar-refractivity contribution is 0.214. The van der Waals surface area contributed by atoms with E-state index >= 15 is 0 Å². The summed E-state index contributed by atoms with van der Waals surface area (Å²) in [5.74, 6) is 0. The van der Waals surface area contributed by atoms with E-state index in [2.05, 4.69) is 22.2 Å². The second-order valence-corrected chi connectivity index (χ2v) is 4.40. The molecule has 0 aromatic rings. The third-order valence-electron chi connectivity index (χ3n) is 2.70. The molecule has 4 heteroatoms. The van der Waals surface area contributed by atoms with Crippen molar-refractivity contribution in [2.45, 2.75) is 18.9 Å². The Hall–Kier alpha value is -0.350. The van der Waals surface area contributed by atoms with Crippen LogP contribution in [0.2, 0.25) is 0 Å². The van der Waals surface area contributed by atoms with Gasteiger partial charge in [-0.2, -0.15) is 0 Å². The van der Waals surface area contributed by atoms with Gasteiger partial charge in [0.15, 0.2) is 5.11 Å². The maximum Gasteiger partial charge on any atom is 0.169 e. The molecule has 0 atom stereocenters. The number of hydrogen-bond acceptors (Lipinski definition) is 2. The van der Waals surface area contributed by atoms with Crippen molar-refractivity contribution in [3.8, 4) is 0 Å².